The van der Waals surface area contributed by atoms with Crippen molar-refractivity contribution >= 4 is 43.2 Å². The lowest BCUT2D eigenvalue weighted by Crippen LogP contribution is -1.93. The summed E-state index contributed by atoms with van der Waals surface area (Å²) in [6, 6.07) is 78.2. The first-order valence-corrected chi connectivity index (χ1v) is 19.8. The predicted octanol–water partition coefficient (Wildman–Crippen LogP) is 15.1. The van der Waals surface area contributed by atoms with Crippen molar-refractivity contribution in [1.82, 2.24) is 9.97 Å². The Hall–Kier alpha value is -7.68. The summed E-state index contributed by atoms with van der Waals surface area (Å²) in [6.45, 7) is 0. The summed E-state index contributed by atoms with van der Waals surface area (Å²) >= 11 is 0. The van der Waals surface area contributed by atoms with Gasteiger partial charge in [-0.05, 0) is 85.3 Å². The molecule has 0 aliphatic heterocycles. The molecule has 2 heteroatoms. The fourth-order valence-electron chi connectivity index (χ4n) is 8.52. The van der Waals surface area contributed by atoms with E-state index in [1.165, 1.54) is 54.6 Å². The summed E-state index contributed by atoms with van der Waals surface area (Å²) in [4.78, 5) is 10.4. The maximum absolute atomic E-state index is 5.34. The maximum Gasteiger partial charge on any atom is 0.0788 e. The highest BCUT2D eigenvalue weighted by Crippen LogP contribution is 2.42. The molecule has 0 saturated carbocycles. The molecule has 270 valence electrons. The van der Waals surface area contributed by atoms with E-state index in [1.807, 2.05) is 12.1 Å². The van der Waals surface area contributed by atoms with E-state index >= 15 is 0 Å². The average Bonchev–Trinajstić information content (AvgIpc) is 3.31. The molecule has 58 heavy (non-hydrogen) atoms. The Kier molecular flexibility index (Phi) is 8.19. The SMILES string of the molecule is c1ccc(-c2cc(-c3ccc(-c4ccc(-c5cc6c(-c7ccc8ccccc8c7)nc7ccccc7c6c6ccccc56)cc4)cc3)cc(-c3ccccc3)n2)cc1. The van der Waals surface area contributed by atoms with Gasteiger partial charge < -0.3 is 0 Å². The normalized spacial score (nSPS) is 11.4. The minimum Gasteiger partial charge on any atom is -0.248 e. The van der Waals surface area contributed by atoms with Crippen LogP contribution in [0.3, 0.4) is 0 Å². The number of aromatic nitrogens is 2. The molecule has 0 N–H and O–H groups in total. The van der Waals surface area contributed by atoms with Crippen LogP contribution in [0.25, 0.3) is 110 Å². The Labute approximate surface area is 337 Å². The van der Waals surface area contributed by atoms with Gasteiger partial charge in [-0.3, -0.25) is 0 Å². The first kappa shape index (κ1) is 33.6. The fourth-order valence-corrected chi connectivity index (χ4v) is 8.52. The van der Waals surface area contributed by atoms with Gasteiger partial charge in [0, 0.05) is 32.8 Å². The van der Waals surface area contributed by atoms with Crippen LogP contribution < -0.4 is 0 Å². The van der Waals surface area contributed by atoms with Crippen molar-refractivity contribution in [2.75, 3.05) is 0 Å². The zero-order valence-corrected chi connectivity index (χ0v) is 31.7. The molecular formula is C56H36N2. The molecule has 0 bridgehead atoms. The summed E-state index contributed by atoms with van der Waals surface area (Å²) < 4.78 is 0. The molecule has 2 heterocycles. The third kappa shape index (κ3) is 6.00. The van der Waals surface area contributed by atoms with Crippen molar-refractivity contribution < 1.29 is 0 Å². The first-order chi connectivity index (χ1) is 28.7. The van der Waals surface area contributed by atoms with Gasteiger partial charge in [0.05, 0.1) is 22.6 Å². The minimum atomic E-state index is 0.964. The van der Waals surface area contributed by atoms with E-state index in [1.54, 1.807) is 0 Å². The molecule has 2 nitrogen and oxygen atoms in total. The van der Waals surface area contributed by atoms with Gasteiger partial charge in [0.2, 0.25) is 0 Å². The van der Waals surface area contributed by atoms with E-state index in [-0.39, 0.29) is 0 Å². The monoisotopic (exact) mass is 736 g/mol. The molecule has 2 aromatic heterocycles. The number of para-hydroxylation sites is 1. The molecule has 0 atom stereocenters. The highest BCUT2D eigenvalue weighted by Gasteiger charge is 2.17. The van der Waals surface area contributed by atoms with Crippen molar-refractivity contribution in [3.05, 3.63) is 218 Å². The van der Waals surface area contributed by atoms with E-state index in [4.69, 9.17) is 9.97 Å². The standard InChI is InChI=1S/C56H36N2/c1-3-14-42(15-4-1)53-34-46(35-54(57-53)43-16-5-2-6-17-43)40-25-23-38(24-26-40)39-27-30-41(31-28-39)50-36-51-55(48-20-10-9-19-47(48)50)49-21-11-12-22-52(49)58-56(51)45-32-29-37-13-7-8-18-44(37)33-45/h1-36H. The van der Waals surface area contributed by atoms with Crippen LogP contribution in [0.15, 0.2) is 218 Å². The Morgan fingerprint density at radius 1 is 0.259 bits per heavy atom. The van der Waals surface area contributed by atoms with Crippen LogP contribution in [0.1, 0.15) is 0 Å². The molecule has 0 aliphatic carbocycles. The molecule has 0 fully saturated rings. The number of hydrogen-bond donors (Lipinski definition) is 0. The van der Waals surface area contributed by atoms with Crippen molar-refractivity contribution in [3.8, 4) is 67.2 Å². The summed E-state index contributed by atoms with van der Waals surface area (Å²) in [5.74, 6) is 0. The number of hydrogen-bond acceptors (Lipinski definition) is 2. The zero-order valence-electron chi connectivity index (χ0n) is 31.7. The van der Waals surface area contributed by atoms with Gasteiger partial charge in [0.15, 0.2) is 0 Å². The highest BCUT2D eigenvalue weighted by molar-refractivity contribution is 6.25. The molecule has 0 saturated heterocycles. The molecule has 0 aliphatic rings. The van der Waals surface area contributed by atoms with Crippen LogP contribution in [-0.2, 0) is 0 Å². The van der Waals surface area contributed by atoms with Crippen molar-refractivity contribution in [1.29, 1.82) is 0 Å². The van der Waals surface area contributed by atoms with Gasteiger partial charge >= 0.3 is 0 Å². The number of fused-ring (bicyclic) bond motifs is 6. The van der Waals surface area contributed by atoms with Crippen LogP contribution in [0.5, 0.6) is 0 Å². The van der Waals surface area contributed by atoms with E-state index in [0.717, 1.165) is 55.8 Å². The van der Waals surface area contributed by atoms with Gasteiger partial charge in [-0.15, -0.1) is 0 Å². The van der Waals surface area contributed by atoms with Crippen LogP contribution >= 0.6 is 0 Å². The van der Waals surface area contributed by atoms with Gasteiger partial charge in [-0.1, -0.05) is 188 Å². The molecule has 0 amide bonds. The molecular weight excluding hydrogens is 701 g/mol. The molecule has 11 aromatic rings. The molecule has 0 radical (unpaired) electrons. The van der Waals surface area contributed by atoms with E-state index in [9.17, 15) is 0 Å². The molecule has 9 aromatic carbocycles. The summed E-state index contributed by atoms with van der Waals surface area (Å²) in [7, 11) is 0. The lowest BCUT2D eigenvalue weighted by Gasteiger charge is -2.16. The Bertz CT molecular complexity index is 3240. The van der Waals surface area contributed by atoms with Crippen LogP contribution in [0.4, 0.5) is 0 Å². The van der Waals surface area contributed by atoms with Crippen molar-refractivity contribution in [2.24, 2.45) is 0 Å². The van der Waals surface area contributed by atoms with Gasteiger partial charge in [-0.2, -0.15) is 0 Å². The van der Waals surface area contributed by atoms with Crippen LogP contribution in [0.2, 0.25) is 0 Å². The van der Waals surface area contributed by atoms with Crippen molar-refractivity contribution in [2.45, 2.75) is 0 Å². The Morgan fingerprint density at radius 3 is 1.41 bits per heavy atom. The number of pyridine rings is 2. The second-order valence-electron chi connectivity index (χ2n) is 14.9. The largest absolute Gasteiger partial charge is 0.248 e. The third-order valence-corrected chi connectivity index (χ3v) is 11.4. The second-order valence-corrected chi connectivity index (χ2v) is 14.9. The van der Waals surface area contributed by atoms with Crippen molar-refractivity contribution in [3.63, 3.8) is 0 Å². The zero-order chi connectivity index (χ0) is 38.4. The summed E-state index contributed by atoms with van der Waals surface area (Å²) in [6.07, 6.45) is 0. The average molecular weight is 737 g/mol. The molecule has 0 spiro atoms. The number of nitrogens with zero attached hydrogens (tertiary/aromatic N) is 2. The quantitative estimate of drug-likeness (QED) is 0.159. The fraction of sp³-hybridized carbons (Fsp3) is 0. The maximum atomic E-state index is 5.34. The summed E-state index contributed by atoms with van der Waals surface area (Å²) in [5, 5.41) is 8.47. The second kappa shape index (κ2) is 14.1. The summed E-state index contributed by atoms with van der Waals surface area (Å²) in [5.41, 5.74) is 14.3. The lowest BCUT2D eigenvalue weighted by molar-refractivity contribution is 1.32. The van der Waals surface area contributed by atoms with E-state index < -0.39 is 0 Å². The van der Waals surface area contributed by atoms with Gasteiger partial charge in [-0.25, -0.2) is 9.97 Å². The van der Waals surface area contributed by atoms with Gasteiger partial charge in [0.1, 0.15) is 0 Å². The first-order valence-electron chi connectivity index (χ1n) is 19.8. The minimum absolute atomic E-state index is 0.964. The topological polar surface area (TPSA) is 25.8 Å². The third-order valence-electron chi connectivity index (χ3n) is 11.4. The van der Waals surface area contributed by atoms with Crippen LogP contribution in [0, 0.1) is 0 Å². The smallest absolute Gasteiger partial charge is 0.0788 e. The van der Waals surface area contributed by atoms with Crippen LogP contribution in [-0.4, -0.2) is 9.97 Å². The lowest BCUT2D eigenvalue weighted by atomic mass is 9.89. The highest BCUT2D eigenvalue weighted by atomic mass is 14.7. The Balaban J connectivity index is 0.993. The number of rotatable bonds is 6. The van der Waals surface area contributed by atoms with Gasteiger partial charge in [0.25, 0.3) is 0 Å². The molecule has 0 unspecified atom stereocenters. The number of benzene rings is 9. The Morgan fingerprint density at radius 2 is 0.759 bits per heavy atom. The molecule has 11 rings (SSSR count). The predicted molar refractivity (Wildman–Crippen MR) is 245 cm³/mol. The van der Waals surface area contributed by atoms with E-state index in [2.05, 4.69) is 206 Å². The van der Waals surface area contributed by atoms with E-state index in [0.29, 0.717) is 0 Å².